The summed E-state index contributed by atoms with van der Waals surface area (Å²) in [6.07, 6.45) is 1.97. The fourth-order valence-corrected chi connectivity index (χ4v) is 1.65. The smallest absolute Gasteiger partial charge is 0.183 e. The summed E-state index contributed by atoms with van der Waals surface area (Å²) < 4.78 is 6.47. The van der Waals surface area contributed by atoms with Crippen LogP contribution in [0.2, 0.25) is 19.6 Å². The van der Waals surface area contributed by atoms with Gasteiger partial charge in [-0.25, -0.2) is 0 Å². The zero-order chi connectivity index (χ0) is 9.61. The van der Waals surface area contributed by atoms with Crippen LogP contribution in [0.1, 0.15) is 0 Å². The zero-order valence-electron chi connectivity index (χ0n) is 8.14. The van der Waals surface area contributed by atoms with E-state index in [0.29, 0.717) is 0 Å². The molecule has 0 saturated heterocycles. The third-order valence-corrected chi connectivity index (χ3v) is 3.32. The molecule has 0 spiro atoms. The molecule has 0 atom stereocenters. The summed E-state index contributed by atoms with van der Waals surface area (Å²) in [5.41, 5.74) is 0. The Bertz CT molecular complexity index is 147. The Morgan fingerprint density at radius 1 is 1.50 bits per heavy atom. The summed E-state index contributed by atoms with van der Waals surface area (Å²) in [5, 5.41) is 3.10. The SMILES string of the molecule is CSC(=S)NCCO[Si](C)(C)C. The van der Waals surface area contributed by atoms with Crippen molar-refractivity contribution in [1.29, 1.82) is 0 Å². The highest BCUT2D eigenvalue weighted by atomic mass is 32.2. The van der Waals surface area contributed by atoms with Gasteiger partial charge in [0.2, 0.25) is 0 Å². The van der Waals surface area contributed by atoms with Gasteiger partial charge in [0.15, 0.2) is 8.32 Å². The van der Waals surface area contributed by atoms with Crippen molar-refractivity contribution in [2.45, 2.75) is 19.6 Å². The molecule has 0 saturated carbocycles. The first kappa shape index (κ1) is 12.4. The lowest BCUT2D eigenvalue weighted by Gasteiger charge is -2.17. The van der Waals surface area contributed by atoms with Gasteiger partial charge in [0.1, 0.15) is 4.32 Å². The molecule has 0 fully saturated rings. The van der Waals surface area contributed by atoms with Gasteiger partial charge in [-0.3, -0.25) is 0 Å². The molecule has 72 valence electrons. The first-order valence-electron chi connectivity index (χ1n) is 3.91. The summed E-state index contributed by atoms with van der Waals surface area (Å²) in [7, 11) is -1.33. The van der Waals surface area contributed by atoms with Gasteiger partial charge in [-0.1, -0.05) is 12.2 Å². The summed E-state index contributed by atoms with van der Waals surface area (Å²) in [6, 6.07) is 0. The van der Waals surface area contributed by atoms with E-state index in [2.05, 4.69) is 25.0 Å². The highest BCUT2D eigenvalue weighted by molar-refractivity contribution is 8.22. The molecule has 0 aromatic carbocycles. The lowest BCUT2D eigenvalue weighted by atomic mass is 10.7. The van der Waals surface area contributed by atoms with Gasteiger partial charge in [0.05, 0.1) is 6.61 Å². The third-order valence-electron chi connectivity index (χ3n) is 1.09. The topological polar surface area (TPSA) is 21.3 Å². The molecule has 1 N–H and O–H groups in total. The summed E-state index contributed by atoms with van der Waals surface area (Å²) in [4.78, 5) is 0. The average molecular weight is 223 g/mol. The Kier molecular flexibility index (Phi) is 6.17. The highest BCUT2D eigenvalue weighted by Crippen LogP contribution is 2.01. The van der Waals surface area contributed by atoms with Crippen LogP contribution in [-0.4, -0.2) is 32.0 Å². The van der Waals surface area contributed by atoms with Gasteiger partial charge >= 0.3 is 0 Å². The minimum absolute atomic E-state index is 0.760. The zero-order valence-corrected chi connectivity index (χ0v) is 10.8. The summed E-state index contributed by atoms with van der Waals surface area (Å²) in [5.74, 6) is 0. The van der Waals surface area contributed by atoms with Crippen LogP contribution < -0.4 is 5.32 Å². The van der Waals surface area contributed by atoms with Crippen molar-refractivity contribution >= 4 is 36.6 Å². The minimum atomic E-state index is -1.33. The van der Waals surface area contributed by atoms with Gasteiger partial charge in [0.25, 0.3) is 0 Å². The molecule has 0 heterocycles. The predicted molar refractivity (Wildman–Crippen MR) is 63.4 cm³/mol. The lowest BCUT2D eigenvalue weighted by molar-refractivity contribution is 0.317. The number of thiocarbonyl (C=S) groups is 1. The van der Waals surface area contributed by atoms with E-state index in [9.17, 15) is 0 Å². The standard InChI is InChI=1S/C7H17NOS2Si/c1-11-7(10)8-5-6-9-12(2,3)4/h5-6H2,1-4H3,(H,8,10). The molecule has 0 amide bonds. The molecule has 0 bridgehead atoms. The molecule has 0 aliphatic heterocycles. The van der Waals surface area contributed by atoms with Crippen molar-refractivity contribution in [3.63, 3.8) is 0 Å². The lowest BCUT2D eigenvalue weighted by Crippen LogP contribution is -2.31. The predicted octanol–water partition coefficient (Wildman–Crippen LogP) is 2.08. The fraction of sp³-hybridized carbons (Fsp3) is 0.857. The molecule has 0 aromatic rings. The van der Waals surface area contributed by atoms with E-state index in [0.717, 1.165) is 17.5 Å². The molecule has 0 rings (SSSR count). The highest BCUT2D eigenvalue weighted by Gasteiger charge is 2.12. The monoisotopic (exact) mass is 223 g/mol. The fourth-order valence-electron chi connectivity index (χ4n) is 0.582. The van der Waals surface area contributed by atoms with Crippen molar-refractivity contribution in [1.82, 2.24) is 5.32 Å². The molecule has 0 aromatic heterocycles. The number of hydrogen-bond donors (Lipinski definition) is 1. The minimum Gasteiger partial charge on any atom is -0.416 e. The number of rotatable bonds is 4. The second kappa shape index (κ2) is 5.96. The van der Waals surface area contributed by atoms with Crippen LogP contribution in [0, 0.1) is 0 Å². The maximum absolute atomic E-state index is 5.63. The maximum atomic E-state index is 5.63. The molecule has 2 nitrogen and oxygen atoms in total. The van der Waals surface area contributed by atoms with Crippen LogP contribution in [-0.2, 0) is 4.43 Å². The van der Waals surface area contributed by atoms with Crippen LogP contribution in [0.3, 0.4) is 0 Å². The second-order valence-electron chi connectivity index (χ2n) is 3.38. The molecule has 0 unspecified atom stereocenters. The van der Waals surface area contributed by atoms with Crippen LogP contribution in [0.25, 0.3) is 0 Å². The van der Waals surface area contributed by atoms with Crippen molar-refractivity contribution in [3.8, 4) is 0 Å². The van der Waals surface area contributed by atoms with Crippen LogP contribution in [0.5, 0.6) is 0 Å². The van der Waals surface area contributed by atoms with Crippen molar-refractivity contribution < 1.29 is 4.43 Å². The second-order valence-corrected chi connectivity index (χ2v) is 9.38. The van der Waals surface area contributed by atoms with Gasteiger partial charge < -0.3 is 9.74 Å². The number of hydrogen-bond acceptors (Lipinski definition) is 3. The van der Waals surface area contributed by atoms with E-state index in [-0.39, 0.29) is 0 Å². The number of nitrogens with one attached hydrogen (secondary N) is 1. The molecule has 5 heteroatoms. The Labute approximate surface area is 85.6 Å². The van der Waals surface area contributed by atoms with E-state index in [1.165, 1.54) is 0 Å². The first-order chi connectivity index (χ1) is 5.45. The summed E-state index contributed by atoms with van der Waals surface area (Å²) >= 11 is 6.53. The normalized spacial score (nSPS) is 11.3. The quantitative estimate of drug-likeness (QED) is 0.447. The largest absolute Gasteiger partial charge is 0.416 e. The molecular weight excluding hydrogens is 206 g/mol. The van der Waals surface area contributed by atoms with Crippen LogP contribution in [0.15, 0.2) is 0 Å². The summed E-state index contributed by atoms with van der Waals surface area (Å²) in [6.45, 7) is 8.13. The van der Waals surface area contributed by atoms with Crippen LogP contribution >= 0.6 is 24.0 Å². The Hall–Kier alpha value is 0.417. The first-order valence-corrected chi connectivity index (χ1v) is 8.95. The molecule has 0 radical (unpaired) electrons. The van der Waals surface area contributed by atoms with E-state index in [1.807, 2.05) is 6.26 Å². The van der Waals surface area contributed by atoms with E-state index in [4.69, 9.17) is 16.6 Å². The Balaban J connectivity index is 3.28. The Morgan fingerprint density at radius 2 is 2.08 bits per heavy atom. The third kappa shape index (κ3) is 8.51. The van der Waals surface area contributed by atoms with Gasteiger partial charge in [-0.05, 0) is 25.9 Å². The molecule has 0 aliphatic carbocycles. The van der Waals surface area contributed by atoms with E-state index in [1.54, 1.807) is 11.8 Å². The maximum Gasteiger partial charge on any atom is 0.183 e. The van der Waals surface area contributed by atoms with Gasteiger partial charge in [0, 0.05) is 6.54 Å². The van der Waals surface area contributed by atoms with Crippen LogP contribution in [0.4, 0.5) is 0 Å². The van der Waals surface area contributed by atoms with E-state index < -0.39 is 8.32 Å². The molecule has 0 aliphatic rings. The van der Waals surface area contributed by atoms with Crippen molar-refractivity contribution in [3.05, 3.63) is 0 Å². The van der Waals surface area contributed by atoms with Crippen molar-refractivity contribution in [2.24, 2.45) is 0 Å². The molecular formula is C7H17NOS2Si. The average Bonchev–Trinajstić information content (AvgIpc) is 1.96. The molecule has 12 heavy (non-hydrogen) atoms. The Morgan fingerprint density at radius 3 is 2.50 bits per heavy atom. The van der Waals surface area contributed by atoms with Gasteiger partial charge in [-0.2, -0.15) is 0 Å². The van der Waals surface area contributed by atoms with Gasteiger partial charge in [-0.15, -0.1) is 11.8 Å². The van der Waals surface area contributed by atoms with Crippen molar-refractivity contribution in [2.75, 3.05) is 19.4 Å². The van der Waals surface area contributed by atoms with E-state index >= 15 is 0 Å². The number of thioether (sulfide) groups is 1.